The van der Waals surface area contributed by atoms with E-state index < -0.39 is 5.41 Å². The fourth-order valence-electron chi connectivity index (χ4n) is 13.4. The molecule has 268 valence electrons. The zero-order valence-corrected chi connectivity index (χ0v) is 31.7. The maximum atomic E-state index is 6.64. The van der Waals surface area contributed by atoms with Crippen LogP contribution in [-0.2, 0) is 10.8 Å². The summed E-state index contributed by atoms with van der Waals surface area (Å²) in [5, 5.41) is 2.57. The van der Waals surface area contributed by atoms with Crippen LogP contribution in [-0.4, -0.2) is 15.0 Å². The highest BCUT2D eigenvalue weighted by Gasteiger charge is 2.72. The number of rotatable bonds is 3. The van der Waals surface area contributed by atoms with Gasteiger partial charge in [0.25, 0.3) is 0 Å². The maximum Gasteiger partial charge on any atom is 0.164 e. The lowest BCUT2D eigenvalue weighted by Crippen LogP contribution is -2.42. The Morgan fingerprint density at radius 2 is 1.27 bits per heavy atom. The van der Waals surface area contributed by atoms with Crippen molar-refractivity contribution in [3.05, 3.63) is 162 Å². The standard InChI is InChI=1S/C51H37N3OS/c1-3-13-37-34(11-1)45-35(12-9-16-40(45)51(37)38-14-4-6-17-41(38)55-42-18-7-5-15-39(42)51)47-52-46(30-20-21-44-36(23-30)33-10-2-8-19-43(33)56-44)53-48(54-47)49-25-29-22-31-24-32(27-49)50(31,26-29)28-49/h1-21,23,29,31-32H,22,24-28H2/t29-,31-,32?,49?,50?/m0/s1. The fourth-order valence-corrected chi connectivity index (χ4v) is 14.5. The van der Waals surface area contributed by atoms with Gasteiger partial charge in [-0.25, -0.2) is 15.0 Å². The average molecular weight is 740 g/mol. The van der Waals surface area contributed by atoms with Gasteiger partial charge in [0, 0.05) is 47.8 Å². The molecule has 56 heavy (non-hydrogen) atoms. The number of hydrogen-bond donors (Lipinski definition) is 0. The zero-order chi connectivity index (χ0) is 36.4. The van der Waals surface area contributed by atoms with Crippen LogP contribution in [0.1, 0.15) is 66.6 Å². The molecule has 14 rings (SSSR count). The van der Waals surface area contributed by atoms with Gasteiger partial charge in [0.05, 0.1) is 5.41 Å². The zero-order valence-electron chi connectivity index (χ0n) is 30.8. The first-order chi connectivity index (χ1) is 27.6. The van der Waals surface area contributed by atoms with E-state index in [4.69, 9.17) is 19.7 Å². The average Bonchev–Trinajstić information content (AvgIpc) is 3.88. The number of fused-ring (bicyclic) bond motifs is 14. The van der Waals surface area contributed by atoms with Crippen LogP contribution in [0.25, 0.3) is 54.1 Å². The van der Waals surface area contributed by atoms with E-state index in [0.717, 1.165) is 57.9 Å². The van der Waals surface area contributed by atoms with Gasteiger partial charge < -0.3 is 4.74 Å². The number of benzene rings is 6. The Hall–Kier alpha value is -5.65. The lowest BCUT2D eigenvalue weighted by Gasteiger charge is -2.49. The molecule has 8 aromatic rings. The van der Waals surface area contributed by atoms with Crippen molar-refractivity contribution < 1.29 is 4.74 Å². The van der Waals surface area contributed by atoms with Crippen LogP contribution < -0.4 is 4.74 Å². The minimum Gasteiger partial charge on any atom is -0.457 e. The minimum atomic E-state index is -0.544. The molecule has 1 aliphatic heterocycles. The SMILES string of the molecule is c1ccc2c(c1)Oc1ccccc1C21c2ccccc2-c2c(-c3nc(-c4ccc5sc6ccccc6c5c4)nc(C45CC6C[C@@H]7C[C@@H](C4)CC67C5)n3)cccc21. The van der Waals surface area contributed by atoms with E-state index >= 15 is 0 Å². The molecule has 5 atom stereocenters. The Kier molecular flexibility index (Phi) is 5.67. The van der Waals surface area contributed by atoms with E-state index in [9.17, 15) is 0 Å². The number of hydrogen-bond acceptors (Lipinski definition) is 5. The van der Waals surface area contributed by atoms with Gasteiger partial charge in [-0.2, -0.15) is 0 Å². The third-order valence-electron chi connectivity index (χ3n) is 15.3. The molecule has 3 bridgehead atoms. The number of aromatic nitrogens is 3. The molecule has 0 amide bonds. The monoisotopic (exact) mass is 739 g/mol. The van der Waals surface area contributed by atoms with E-state index in [2.05, 4.69) is 133 Å². The Bertz CT molecular complexity index is 2990. The third kappa shape index (κ3) is 3.65. The predicted molar refractivity (Wildman–Crippen MR) is 223 cm³/mol. The summed E-state index contributed by atoms with van der Waals surface area (Å²) in [5.74, 6) is 6.94. The van der Waals surface area contributed by atoms with Crippen LogP contribution in [0.3, 0.4) is 0 Å². The summed E-state index contributed by atoms with van der Waals surface area (Å²) in [6.45, 7) is 0. The molecular formula is C51H37N3OS. The molecule has 4 fully saturated rings. The summed E-state index contributed by atoms with van der Waals surface area (Å²) in [5.41, 5.74) is 9.44. The highest BCUT2D eigenvalue weighted by Crippen LogP contribution is 2.78. The molecule has 2 spiro atoms. The molecule has 6 aromatic carbocycles. The molecule has 4 nitrogen and oxygen atoms in total. The molecule has 0 radical (unpaired) electrons. The smallest absolute Gasteiger partial charge is 0.164 e. The highest BCUT2D eigenvalue weighted by atomic mass is 32.1. The molecule has 0 N–H and O–H groups in total. The topological polar surface area (TPSA) is 47.9 Å². The molecule has 5 aliphatic carbocycles. The summed E-state index contributed by atoms with van der Waals surface area (Å²) in [7, 11) is 0. The first kappa shape index (κ1) is 30.6. The van der Waals surface area contributed by atoms with Crippen LogP contribution in [0, 0.1) is 23.2 Å². The number of thiophene rings is 1. The van der Waals surface area contributed by atoms with Crippen molar-refractivity contribution in [2.45, 2.75) is 49.4 Å². The second-order valence-corrected chi connectivity index (χ2v) is 18.9. The Morgan fingerprint density at radius 1 is 0.554 bits per heavy atom. The first-order valence-electron chi connectivity index (χ1n) is 20.4. The number of para-hydroxylation sites is 2. The second kappa shape index (κ2) is 10.4. The minimum absolute atomic E-state index is 0.0140. The molecule has 2 aromatic heterocycles. The van der Waals surface area contributed by atoms with Crippen molar-refractivity contribution in [2.24, 2.45) is 23.2 Å². The summed E-state index contributed by atoms with van der Waals surface area (Å²) in [4.78, 5) is 16.8. The molecule has 3 heterocycles. The molecule has 0 saturated heterocycles. The summed E-state index contributed by atoms with van der Waals surface area (Å²) in [6.07, 6.45) is 7.92. The largest absolute Gasteiger partial charge is 0.457 e. The number of nitrogens with zero attached hydrogens (tertiary/aromatic N) is 3. The van der Waals surface area contributed by atoms with E-state index in [0.29, 0.717) is 5.41 Å². The van der Waals surface area contributed by atoms with Gasteiger partial charge in [-0.3, -0.25) is 0 Å². The van der Waals surface area contributed by atoms with E-state index in [1.807, 2.05) is 11.3 Å². The molecular weight excluding hydrogens is 703 g/mol. The van der Waals surface area contributed by atoms with Crippen LogP contribution in [0.2, 0.25) is 0 Å². The van der Waals surface area contributed by atoms with Gasteiger partial charge >= 0.3 is 0 Å². The van der Waals surface area contributed by atoms with Gasteiger partial charge in [-0.05, 0) is 120 Å². The van der Waals surface area contributed by atoms with Crippen molar-refractivity contribution >= 4 is 31.5 Å². The van der Waals surface area contributed by atoms with Crippen LogP contribution in [0.15, 0.2) is 133 Å². The van der Waals surface area contributed by atoms with Gasteiger partial charge in [0.1, 0.15) is 17.3 Å². The van der Waals surface area contributed by atoms with Crippen molar-refractivity contribution in [2.75, 3.05) is 0 Å². The van der Waals surface area contributed by atoms with Crippen LogP contribution in [0.4, 0.5) is 0 Å². The summed E-state index contributed by atoms with van der Waals surface area (Å²) < 4.78 is 9.25. The number of ether oxygens (including phenoxy) is 1. The Morgan fingerprint density at radius 3 is 2.14 bits per heavy atom. The predicted octanol–water partition coefficient (Wildman–Crippen LogP) is 12.5. The maximum absolute atomic E-state index is 6.64. The van der Waals surface area contributed by atoms with Crippen molar-refractivity contribution in [1.82, 2.24) is 15.0 Å². The van der Waals surface area contributed by atoms with Crippen LogP contribution in [0.5, 0.6) is 11.5 Å². The fraction of sp³-hybridized carbons (Fsp3) is 0.235. The Labute approximate surface area is 329 Å². The third-order valence-corrected chi connectivity index (χ3v) is 16.5. The summed E-state index contributed by atoms with van der Waals surface area (Å²) in [6, 6.07) is 48.6. The first-order valence-corrected chi connectivity index (χ1v) is 21.2. The van der Waals surface area contributed by atoms with Gasteiger partial charge in [0.2, 0.25) is 0 Å². The second-order valence-electron chi connectivity index (χ2n) is 17.8. The van der Waals surface area contributed by atoms with Crippen molar-refractivity contribution in [3.8, 4) is 45.4 Å². The summed E-state index contributed by atoms with van der Waals surface area (Å²) >= 11 is 1.86. The Balaban J connectivity index is 1.04. The van der Waals surface area contributed by atoms with E-state index in [-0.39, 0.29) is 5.41 Å². The molecule has 3 unspecified atom stereocenters. The highest BCUT2D eigenvalue weighted by molar-refractivity contribution is 7.25. The lowest BCUT2D eigenvalue weighted by atomic mass is 9.55. The van der Waals surface area contributed by atoms with Crippen molar-refractivity contribution in [3.63, 3.8) is 0 Å². The normalized spacial score (nSPS) is 26.4. The molecule has 6 aliphatic rings. The van der Waals surface area contributed by atoms with E-state index in [1.165, 1.54) is 92.1 Å². The van der Waals surface area contributed by atoms with Gasteiger partial charge in [-0.15, -0.1) is 11.3 Å². The van der Waals surface area contributed by atoms with E-state index in [1.54, 1.807) is 0 Å². The quantitative estimate of drug-likeness (QED) is 0.181. The van der Waals surface area contributed by atoms with Crippen molar-refractivity contribution in [1.29, 1.82) is 0 Å². The lowest BCUT2D eigenvalue weighted by molar-refractivity contribution is -0.000324. The molecule has 5 heteroatoms. The molecule has 4 saturated carbocycles. The van der Waals surface area contributed by atoms with Gasteiger partial charge in [0.15, 0.2) is 11.6 Å². The van der Waals surface area contributed by atoms with Gasteiger partial charge in [-0.1, -0.05) is 97.1 Å². The van der Waals surface area contributed by atoms with Crippen LogP contribution >= 0.6 is 11.3 Å².